The Morgan fingerprint density at radius 3 is 2.67 bits per heavy atom. The summed E-state index contributed by atoms with van der Waals surface area (Å²) in [6.45, 7) is 6.95. The Morgan fingerprint density at radius 2 is 2.08 bits per heavy atom. The van der Waals surface area contributed by atoms with E-state index in [2.05, 4.69) is 15.8 Å². The van der Waals surface area contributed by atoms with Crippen LogP contribution in [-0.2, 0) is 17.8 Å². The van der Waals surface area contributed by atoms with Crippen LogP contribution >= 0.6 is 0 Å². The lowest BCUT2D eigenvalue weighted by Gasteiger charge is -2.27. The average Bonchev–Trinajstić information content (AvgIpc) is 2.84. The molecule has 6 nitrogen and oxygen atoms in total. The molecule has 0 unspecified atom stereocenters. The smallest absolute Gasteiger partial charge is 0.224 e. The van der Waals surface area contributed by atoms with Crippen LogP contribution in [0.5, 0.6) is 5.75 Å². The maximum absolute atomic E-state index is 11.9. The largest absolute Gasteiger partial charge is 0.489 e. The molecule has 1 saturated heterocycles. The summed E-state index contributed by atoms with van der Waals surface area (Å²) in [7, 11) is 0. The molecule has 0 radical (unpaired) electrons. The number of carbonyl (C=O) groups excluding carboxylic acids is 1. The molecular formula is C18H23N3O3. The molecule has 0 atom stereocenters. The van der Waals surface area contributed by atoms with Gasteiger partial charge in [-0.05, 0) is 31.5 Å². The normalized spacial score (nSPS) is 14.2. The molecule has 1 fully saturated rings. The number of rotatable bonds is 7. The van der Waals surface area contributed by atoms with Gasteiger partial charge in [-0.1, -0.05) is 17.3 Å². The SMILES string of the molecule is Cc1noc(C)c1COc1ccc(CC(=O)NCC2CNC2)cc1. The number of hydrogen-bond acceptors (Lipinski definition) is 5. The molecule has 0 bridgehead atoms. The van der Waals surface area contributed by atoms with E-state index in [1.54, 1.807) is 0 Å². The minimum atomic E-state index is 0.0614. The zero-order valence-corrected chi connectivity index (χ0v) is 14.1. The highest BCUT2D eigenvalue weighted by molar-refractivity contribution is 5.78. The van der Waals surface area contributed by atoms with Crippen LogP contribution in [0.1, 0.15) is 22.6 Å². The predicted molar refractivity (Wildman–Crippen MR) is 89.8 cm³/mol. The molecule has 1 aromatic carbocycles. The van der Waals surface area contributed by atoms with Crippen LogP contribution in [0.25, 0.3) is 0 Å². The van der Waals surface area contributed by atoms with Crippen molar-refractivity contribution in [2.45, 2.75) is 26.9 Å². The monoisotopic (exact) mass is 329 g/mol. The van der Waals surface area contributed by atoms with Crippen molar-refractivity contribution in [3.63, 3.8) is 0 Å². The fraction of sp³-hybridized carbons (Fsp3) is 0.444. The maximum Gasteiger partial charge on any atom is 0.224 e. The van der Waals surface area contributed by atoms with Gasteiger partial charge in [-0.2, -0.15) is 0 Å². The van der Waals surface area contributed by atoms with Crippen molar-refractivity contribution in [3.8, 4) is 5.75 Å². The van der Waals surface area contributed by atoms with E-state index in [9.17, 15) is 4.79 Å². The highest BCUT2D eigenvalue weighted by Crippen LogP contribution is 2.18. The van der Waals surface area contributed by atoms with Crippen molar-refractivity contribution in [1.82, 2.24) is 15.8 Å². The lowest BCUT2D eigenvalue weighted by molar-refractivity contribution is -0.120. The molecule has 0 spiro atoms. The number of aromatic nitrogens is 1. The molecule has 24 heavy (non-hydrogen) atoms. The third-order valence-electron chi connectivity index (χ3n) is 4.31. The molecule has 128 valence electrons. The summed E-state index contributed by atoms with van der Waals surface area (Å²) in [5.41, 5.74) is 2.80. The van der Waals surface area contributed by atoms with Gasteiger partial charge in [0.05, 0.1) is 17.7 Å². The van der Waals surface area contributed by atoms with Crippen molar-refractivity contribution >= 4 is 5.91 Å². The third kappa shape index (κ3) is 4.14. The summed E-state index contributed by atoms with van der Waals surface area (Å²) in [4.78, 5) is 11.9. The van der Waals surface area contributed by atoms with Crippen molar-refractivity contribution < 1.29 is 14.1 Å². The third-order valence-corrected chi connectivity index (χ3v) is 4.31. The fourth-order valence-electron chi connectivity index (χ4n) is 2.57. The first kappa shape index (κ1) is 16.5. The van der Waals surface area contributed by atoms with Gasteiger partial charge in [0.25, 0.3) is 0 Å². The van der Waals surface area contributed by atoms with Crippen LogP contribution in [0, 0.1) is 19.8 Å². The minimum absolute atomic E-state index is 0.0614. The lowest BCUT2D eigenvalue weighted by atomic mass is 10.0. The molecule has 1 amide bonds. The molecule has 2 N–H and O–H groups in total. The molecule has 6 heteroatoms. The topological polar surface area (TPSA) is 76.4 Å². The highest BCUT2D eigenvalue weighted by Gasteiger charge is 2.17. The Hall–Kier alpha value is -2.34. The summed E-state index contributed by atoms with van der Waals surface area (Å²) in [6, 6.07) is 7.62. The van der Waals surface area contributed by atoms with Gasteiger partial charge in [0.2, 0.25) is 5.91 Å². The molecule has 1 aromatic heterocycles. The number of ether oxygens (including phenoxy) is 1. The summed E-state index contributed by atoms with van der Waals surface area (Å²) in [6.07, 6.45) is 0.393. The maximum atomic E-state index is 11.9. The first-order valence-corrected chi connectivity index (χ1v) is 8.22. The van der Waals surface area contributed by atoms with Crippen LogP contribution in [0.2, 0.25) is 0 Å². The van der Waals surface area contributed by atoms with E-state index in [1.807, 2.05) is 38.1 Å². The number of aryl methyl sites for hydroxylation is 2. The van der Waals surface area contributed by atoms with Crippen LogP contribution in [0.3, 0.4) is 0 Å². The van der Waals surface area contributed by atoms with Crippen LogP contribution in [0.15, 0.2) is 28.8 Å². The molecule has 2 heterocycles. The number of carbonyl (C=O) groups is 1. The summed E-state index contributed by atoms with van der Waals surface area (Å²) < 4.78 is 10.9. The Balaban J connectivity index is 1.47. The van der Waals surface area contributed by atoms with Crippen LogP contribution in [-0.4, -0.2) is 30.7 Å². The number of hydrogen-bond donors (Lipinski definition) is 2. The van der Waals surface area contributed by atoms with Gasteiger partial charge in [-0.3, -0.25) is 4.79 Å². The van der Waals surface area contributed by atoms with Gasteiger partial charge in [0, 0.05) is 25.6 Å². The number of benzene rings is 1. The summed E-state index contributed by atoms with van der Waals surface area (Å²) in [5.74, 6) is 2.18. The van der Waals surface area contributed by atoms with Crippen molar-refractivity contribution in [2.75, 3.05) is 19.6 Å². The predicted octanol–water partition coefficient (Wildman–Crippen LogP) is 1.75. The van der Waals surface area contributed by atoms with Gasteiger partial charge < -0.3 is 19.9 Å². The molecule has 2 aromatic rings. The lowest BCUT2D eigenvalue weighted by Crippen LogP contribution is -2.48. The van der Waals surface area contributed by atoms with E-state index in [1.165, 1.54) is 0 Å². The second-order valence-corrected chi connectivity index (χ2v) is 6.24. The number of amides is 1. The molecule has 1 aliphatic rings. The second-order valence-electron chi connectivity index (χ2n) is 6.24. The fourth-order valence-corrected chi connectivity index (χ4v) is 2.57. The average molecular weight is 329 g/mol. The first-order valence-electron chi connectivity index (χ1n) is 8.22. The molecule has 1 aliphatic heterocycles. The van der Waals surface area contributed by atoms with Crippen molar-refractivity contribution in [3.05, 3.63) is 46.8 Å². The second kappa shape index (κ2) is 7.49. The quantitative estimate of drug-likeness (QED) is 0.809. The van der Waals surface area contributed by atoms with Gasteiger partial charge in [0.1, 0.15) is 18.1 Å². The van der Waals surface area contributed by atoms with E-state index in [4.69, 9.17) is 9.26 Å². The van der Waals surface area contributed by atoms with E-state index in [0.717, 1.165) is 48.0 Å². The Bertz CT molecular complexity index is 671. The molecule has 0 aliphatic carbocycles. The molecule has 0 saturated carbocycles. The van der Waals surface area contributed by atoms with E-state index >= 15 is 0 Å². The standard InChI is InChI=1S/C18H23N3O3/c1-12-17(13(2)24-21-12)11-23-16-5-3-14(4-6-16)7-18(22)20-10-15-8-19-9-15/h3-6,15,19H,7-11H2,1-2H3,(H,20,22). The summed E-state index contributed by atoms with van der Waals surface area (Å²) in [5, 5.41) is 10.1. The van der Waals surface area contributed by atoms with Gasteiger partial charge in [0.15, 0.2) is 0 Å². The zero-order chi connectivity index (χ0) is 16.9. The van der Waals surface area contributed by atoms with E-state index < -0.39 is 0 Å². The first-order chi connectivity index (χ1) is 11.6. The zero-order valence-electron chi connectivity index (χ0n) is 14.1. The number of nitrogens with zero attached hydrogens (tertiary/aromatic N) is 1. The Labute approximate surface area is 141 Å². The van der Waals surface area contributed by atoms with E-state index in [-0.39, 0.29) is 5.91 Å². The Morgan fingerprint density at radius 1 is 1.33 bits per heavy atom. The van der Waals surface area contributed by atoms with Gasteiger partial charge in [-0.25, -0.2) is 0 Å². The molecular weight excluding hydrogens is 306 g/mol. The van der Waals surface area contributed by atoms with E-state index in [0.29, 0.717) is 18.9 Å². The van der Waals surface area contributed by atoms with Crippen molar-refractivity contribution in [2.24, 2.45) is 5.92 Å². The molecule has 3 rings (SSSR count). The highest BCUT2D eigenvalue weighted by atomic mass is 16.5. The minimum Gasteiger partial charge on any atom is -0.489 e. The summed E-state index contributed by atoms with van der Waals surface area (Å²) >= 11 is 0. The van der Waals surface area contributed by atoms with Crippen LogP contribution < -0.4 is 15.4 Å². The van der Waals surface area contributed by atoms with Gasteiger partial charge >= 0.3 is 0 Å². The van der Waals surface area contributed by atoms with Crippen molar-refractivity contribution in [1.29, 1.82) is 0 Å². The van der Waals surface area contributed by atoms with Crippen LogP contribution in [0.4, 0.5) is 0 Å². The Kier molecular flexibility index (Phi) is 5.15. The number of nitrogens with one attached hydrogen (secondary N) is 2. The van der Waals surface area contributed by atoms with Gasteiger partial charge in [-0.15, -0.1) is 0 Å².